The standard InChI is InChI=1S/C14H21N5O/c1-4-5-8-19-13(15-9-16-19)7-6-12-10(2)17-14(20)18-11(12)3/h9H,4-8H2,1-3H3,(H,17,18,20). The van der Waals surface area contributed by atoms with E-state index in [1.807, 2.05) is 18.5 Å². The summed E-state index contributed by atoms with van der Waals surface area (Å²) < 4.78 is 1.97. The van der Waals surface area contributed by atoms with Crippen LogP contribution >= 0.6 is 0 Å². The Morgan fingerprint density at radius 2 is 2.10 bits per heavy atom. The van der Waals surface area contributed by atoms with Gasteiger partial charge in [0, 0.05) is 24.4 Å². The fourth-order valence-corrected chi connectivity index (χ4v) is 2.34. The molecule has 0 bridgehead atoms. The van der Waals surface area contributed by atoms with E-state index >= 15 is 0 Å². The summed E-state index contributed by atoms with van der Waals surface area (Å²) in [4.78, 5) is 22.3. The lowest BCUT2D eigenvalue weighted by Crippen LogP contribution is -2.17. The normalized spacial score (nSPS) is 10.9. The van der Waals surface area contributed by atoms with Crippen LogP contribution in [0.5, 0.6) is 0 Å². The first kappa shape index (κ1) is 14.4. The first-order valence-corrected chi connectivity index (χ1v) is 7.05. The Hall–Kier alpha value is -1.98. The van der Waals surface area contributed by atoms with Gasteiger partial charge in [0.1, 0.15) is 12.2 Å². The Morgan fingerprint density at radius 3 is 2.80 bits per heavy atom. The number of hydrogen-bond acceptors (Lipinski definition) is 4. The number of H-pyrrole nitrogens is 1. The first-order chi connectivity index (χ1) is 9.61. The van der Waals surface area contributed by atoms with E-state index in [-0.39, 0.29) is 5.69 Å². The van der Waals surface area contributed by atoms with Gasteiger partial charge in [-0.2, -0.15) is 10.1 Å². The molecular formula is C14H21N5O. The van der Waals surface area contributed by atoms with Crippen molar-refractivity contribution in [2.75, 3.05) is 0 Å². The summed E-state index contributed by atoms with van der Waals surface area (Å²) in [5.74, 6) is 0.989. The highest BCUT2D eigenvalue weighted by Crippen LogP contribution is 2.11. The van der Waals surface area contributed by atoms with Crippen LogP contribution in [0.1, 0.15) is 42.5 Å². The average molecular weight is 275 g/mol. The van der Waals surface area contributed by atoms with Crippen LogP contribution in [0.15, 0.2) is 11.1 Å². The maximum Gasteiger partial charge on any atom is 0.345 e. The van der Waals surface area contributed by atoms with Gasteiger partial charge in [-0.3, -0.25) is 4.68 Å². The van der Waals surface area contributed by atoms with Crippen molar-refractivity contribution in [1.29, 1.82) is 0 Å². The van der Waals surface area contributed by atoms with Gasteiger partial charge in [0.25, 0.3) is 0 Å². The van der Waals surface area contributed by atoms with Crippen molar-refractivity contribution in [1.82, 2.24) is 24.7 Å². The zero-order valence-electron chi connectivity index (χ0n) is 12.3. The van der Waals surface area contributed by atoms with E-state index in [2.05, 4.69) is 27.0 Å². The van der Waals surface area contributed by atoms with E-state index in [1.165, 1.54) is 0 Å². The molecule has 6 heteroatoms. The lowest BCUT2D eigenvalue weighted by molar-refractivity contribution is 0.542. The number of aromatic nitrogens is 5. The second kappa shape index (κ2) is 6.45. The molecule has 2 aromatic rings. The molecule has 1 N–H and O–H groups in total. The summed E-state index contributed by atoms with van der Waals surface area (Å²) in [6.45, 7) is 6.86. The van der Waals surface area contributed by atoms with Crippen molar-refractivity contribution in [3.8, 4) is 0 Å². The van der Waals surface area contributed by atoms with Gasteiger partial charge in [0.15, 0.2) is 0 Å². The fraction of sp³-hybridized carbons (Fsp3) is 0.571. The summed E-state index contributed by atoms with van der Waals surface area (Å²) in [6.07, 6.45) is 5.47. The van der Waals surface area contributed by atoms with Crippen molar-refractivity contribution >= 4 is 0 Å². The van der Waals surface area contributed by atoms with Crippen molar-refractivity contribution in [2.45, 2.75) is 53.0 Å². The van der Waals surface area contributed by atoms with Crippen molar-refractivity contribution in [3.05, 3.63) is 39.6 Å². The van der Waals surface area contributed by atoms with Gasteiger partial charge in [-0.05, 0) is 32.3 Å². The maximum absolute atomic E-state index is 11.3. The fourth-order valence-electron chi connectivity index (χ4n) is 2.34. The van der Waals surface area contributed by atoms with Crippen LogP contribution in [-0.4, -0.2) is 24.7 Å². The van der Waals surface area contributed by atoms with Crippen LogP contribution < -0.4 is 5.69 Å². The third-order valence-corrected chi connectivity index (χ3v) is 3.47. The monoisotopic (exact) mass is 275 g/mol. The van der Waals surface area contributed by atoms with E-state index < -0.39 is 0 Å². The maximum atomic E-state index is 11.3. The summed E-state index contributed by atoms with van der Waals surface area (Å²) >= 11 is 0. The topological polar surface area (TPSA) is 76.5 Å². The summed E-state index contributed by atoms with van der Waals surface area (Å²) in [5, 5.41) is 4.26. The Bertz CT molecular complexity index is 602. The Labute approximate surface area is 118 Å². The van der Waals surface area contributed by atoms with Crippen LogP contribution in [0, 0.1) is 13.8 Å². The molecule has 0 atom stereocenters. The second-order valence-electron chi connectivity index (χ2n) is 4.98. The minimum absolute atomic E-state index is 0.283. The molecule has 0 fully saturated rings. The van der Waals surface area contributed by atoms with Crippen LogP contribution in [0.2, 0.25) is 0 Å². The SMILES string of the molecule is CCCCn1ncnc1CCc1c(C)nc(=O)[nH]c1C. The predicted molar refractivity (Wildman–Crippen MR) is 76.7 cm³/mol. The molecule has 0 radical (unpaired) electrons. The number of unbranched alkanes of at least 4 members (excludes halogenated alkanes) is 1. The molecule has 0 aliphatic carbocycles. The van der Waals surface area contributed by atoms with E-state index in [4.69, 9.17) is 0 Å². The minimum Gasteiger partial charge on any atom is -0.310 e. The molecule has 0 saturated carbocycles. The second-order valence-corrected chi connectivity index (χ2v) is 4.98. The molecule has 6 nitrogen and oxygen atoms in total. The molecule has 0 aliphatic heterocycles. The largest absolute Gasteiger partial charge is 0.345 e. The minimum atomic E-state index is -0.283. The van der Waals surface area contributed by atoms with Crippen molar-refractivity contribution in [2.24, 2.45) is 0 Å². The van der Waals surface area contributed by atoms with Crippen molar-refractivity contribution in [3.63, 3.8) is 0 Å². The third-order valence-electron chi connectivity index (χ3n) is 3.47. The van der Waals surface area contributed by atoms with E-state index in [0.717, 1.165) is 55.0 Å². The molecule has 108 valence electrons. The van der Waals surface area contributed by atoms with Gasteiger partial charge in [-0.15, -0.1) is 0 Å². The molecule has 0 aromatic carbocycles. The van der Waals surface area contributed by atoms with E-state index in [9.17, 15) is 4.79 Å². The lowest BCUT2D eigenvalue weighted by Gasteiger charge is -2.09. The number of hydrogen-bond donors (Lipinski definition) is 1. The van der Waals surface area contributed by atoms with Gasteiger partial charge in [-0.1, -0.05) is 13.3 Å². The molecule has 2 heterocycles. The number of aryl methyl sites for hydroxylation is 4. The molecule has 2 aromatic heterocycles. The smallest absolute Gasteiger partial charge is 0.310 e. The molecule has 0 saturated heterocycles. The molecule has 0 spiro atoms. The van der Waals surface area contributed by atoms with Crippen molar-refractivity contribution < 1.29 is 0 Å². The number of rotatable bonds is 6. The highest BCUT2D eigenvalue weighted by molar-refractivity contribution is 5.23. The summed E-state index contributed by atoms with van der Waals surface area (Å²) in [5.41, 5.74) is 2.50. The summed E-state index contributed by atoms with van der Waals surface area (Å²) in [6, 6.07) is 0. The molecular weight excluding hydrogens is 254 g/mol. The Balaban J connectivity index is 2.09. The Kier molecular flexibility index (Phi) is 4.65. The van der Waals surface area contributed by atoms with E-state index in [0.29, 0.717) is 0 Å². The van der Waals surface area contributed by atoms with Gasteiger partial charge >= 0.3 is 5.69 Å². The van der Waals surface area contributed by atoms with Crippen LogP contribution in [0.4, 0.5) is 0 Å². The van der Waals surface area contributed by atoms with Gasteiger partial charge in [0.2, 0.25) is 0 Å². The summed E-state index contributed by atoms with van der Waals surface area (Å²) in [7, 11) is 0. The molecule has 20 heavy (non-hydrogen) atoms. The number of nitrogens with zero attached hydrogens (tertiary/aromatic N) is 4. The number of aromatic amines is 1. The molecule has 0 aliphatic rings. The van der Waals surface area contributed by atoms with Gasteiger partial charge < -0.3 is 4.98 Å². The molecule has 0 amide bonds. The van der Waals surface area contributed by atoms with Crippen LogP contribution in [-0.2, 0) is 19.4 Å². The van der Waals surface area contributed by atoms with Crippen LogP contribution in [0.3, 0.4) is 0 Å². The average Bonchev–Trinajstić information content (AvgIpc) is 2.82. The molecule has 0 unspecified atom stereocenters. The number of nitrogens with one attached hydrogen (secondary N) is 1. The zero-order chi connectivity index (χ0) is 14.5. The highest BCUT2D eigenvalue weighted by Gasteiger charge is 2.09. The highest BCUT2D eigenvalue weighted by atomic mass is 16.1. The predicted octanol–water partition coefficient (Wildman–Crippen LogP) is 1.56. The third kappa shape index (κ3) is 3.31. The lowest BCUT2D eigenvalue weighted by atomic mass is 10.1. The van der Waals surface area contributed by atoms with Gasteiger partial charge in [-0.25, -0.2) is 9.78 Å². The first-order valence-electron chi connectivity index (χ1n) is 7.05. The Morgan fingerprint density at radius 1 is 1.30 bits per heavy atom. The van der Waals surface area contributed by atoms with E-state index in [1.54, 1.807) is 6.33 Å². The quantitative estimate of drug-likeness (QED) is 0.868. The van der Waals surface area contributed by atoms with Crippen LogP contribution in [0.25, 0.3) is 0 Å². The zero-order valence-corrected chi connectivity index (χ0v) is 12.3. The van der Waals surface area contributed by atoms with Gasteiger partial charge in [0.05, 0.1) is 0 Å². The molecule has 2 rings (SSSR count).